The first-order chi connectivity index (χ1) is 11.9. The molecule has 0 N–H and O–H groups in total. The number of hydrogen-bond acceptors (Lipinski definition) is 3. The normalized spacial score (nSPS) is 28.2. The van der Waals surface area contributed by atoms with Crippen molar-refractivity contribution >= 4 is 5.97 Å². The molecule has 4 rings (SSSR count). The SMILES string of the molecule is CC(C)(C)C(=O)OCC12CCCC(c3ccc(OC(F)(F)F)cc3)(C1)C2. The minimum absolute atomic E-state index is 0.0108. The lowest BCUT2D eigenvalue weighted by atomic mass is 9.44. The van der Waals surface area contributed by atoms with E-state index in [9.17, 15) is 18.0 Å². The van der Waals surface area contributed by atoms with Gasteiger partial charge in [0.05, 0.1) is 12.0 Å². The smallest absolute Gasteiger partial charge is 0.465 e. The maximum absolute atomic E-state index is 12.3. The molecule has 26 heavy (non-hydrogen) atoms. The van der Waals surface area contributed by atoms with Crippen molar-refractivity contribution in [1.82, 2.24) is 0 Å². The molecule has 3 nitrogen and oxygen atoms in total. The molecule has 0 aliphatic heterocycles. The molecule has 0 atom stereocenters. The van der Waals surface area contributed by atoms with Crippen LogP contribution in [0.3, 0.4) is 0 Å². The Morgan fingerprint density at radius 1 is 1.08 bits per heavy atom. The van der Waals surface area contributed by atoms with Gasteiger partial charge < -0.3 is 9.47 Å². The summed E-state index contributed by atoms with van der Waals surface area (Å²) >= 11 is 0. The summed E-state index contributed by atoms with van der Waals surface area (Å²) in [5.74, 6) is -0.387. The highest BCUT2D eigenvalue weighted by Crippen LogP contribution is 2.64. The van der Waals surface area contributed by atoms with Gasteiger partial charge in [-0.1, -0.05) is 18.6 Å². The van der Waals surface area contributed by atoms with E-state index < -0.39 is 11.8 Å². The Hall–Kier alpha value is -1.72. The van der Waals surface area contributed by atoms with Gasteiger partial charge in [-0.2, -0.15) is 0 Å². The number of fused-ring (bicyclic) bond motifs is 2. The summed E-state index contributed by atoms with van der Waals surface area (Å²) < 4.78 is 46.4. The number of carbonyl (C=O) groups is 1. The van der Waals surface area contributed by atoms with Gasteiger partial charge in [0.25, 0.3) is 0 Å². The molecule has 3 aliphatic rings. The Labute approximate surface area is 151 Å². The first-order valence-electron chi connectivity index (χ1n) is 8.97. The van der Waals surface area contributed by atoms with E-state index in [1.807, 2.05) is 20.8 Å². The minimum Gasteiger partial charge on any atom is -0.465 e. The molecular weight excluding hydrogens is 345 g/mol. The zero-order valence-corrected chi connectivity index (χ0v) is 15.4. The number of ether oxygens (including phenoxy) is 2. The van der Waals surface area contributed by atoms with Crippen molar-refractivity contribution in [2.24, 2.45) is 10.8 Å². The van der Waals surface area contributed by atoms with Gasteiger partial charge in [0.1, 0.15) is 5.75 Å². The number of halogens is 3. The molecular formula is C20H25F3O3. The van der Waals surface area contributed by atoms with Crippen LogP contribution in [0.4, 0.5) is 13.2 Å². The van der Waals surface area contributed by atoms with Crippen LogP contribution in [-0.2, 0) is 14.9 Å². The Kier molecular flexibility index (Phi) is 4.52. The van der Waals surface area contributed by atoms with E-state index in [-0.39, 0.29) is 22.5 Å². The molecule has 0 amide bonds. The van der Waals surface area contributed by atoms with E-state index >= 15 is 0 Å². The number of hydrogen-bond donors (Lipinski definition) is 0. The van der Waals surface area contributed by atoms with E-state index in [1.165, 1.54) is 12.1 Å². The van der Waals surface area contributed by atoms with Crippen molar-refractivity contribution in [2.75, 3.05) is 6.61 Å². The van der Waals surface area contributed by atoms with Crippen molar-refractivity contribution < 1.29 is 27.4 Å². The number of esters is 1. The number of alkyl halides is 3. The Balaban J connectivity index is 1.65. The second-order valence-corrected chi connectivity index (χ2v) is 8.89. The van der Waals surface area contributed by atoms with E-state index in [0.717, 1.165) is 37.7 Å². The molecule has 6 heteroatoms. The third-order valence-electron chi connectivity index (χ3n) is 5.61. The lowest BCUT2D eigenvalue weighted by Crippen LogP contribution is -2.55. The van der Waals surface area contributed by atoms with Gasteiger partial charge in [0, 0.05) is 5.41 Å². The van der Waals surface area contributed by atoms with E-state index in [0.29, 0.717) is 6.61 Å². The fourth-order valence-corrected chi connectivity index (χ4v) is 4.51. The van der Waals surface area contributed by atoms with E-state index in [4.69, 9.17) is 4.74 Å². The van der Waals surface area contributed by atoms with Crippen LogP contribution in [0.2, 0.25) is 0 Å². The average Bonchev–Trinajstić information content (AvgIpc) is 2.50. The van der Waals surface area contributed by atoms with Crippen LogP contribution in [0, 0.1) is 10.8 Å². The quantitative estimate of drug-likeness (QED) is 0.668. The number of carbonyl (C=O) groups excluding carboxylic acids is 1. The molecule has 3 fully saturated rings. The zero-order chi connectivity index (χ0) is 19.2. The molecule has 144 valence electrons. The first-order valence-corrected chi connectivity index (χ1v) is 8.97. The Bertz CT molecular complexity index is 665. The molecule has 3 aliphatic carbocycles. The molecule has 0 heterocycles. The molecule has 0 spiro atoms. The molecule has 1 aromatic rings. The van der Waals surface area contributed by atoms with Crippen molar-refractivity contribution in [3.63, 3.8) is 0 Å². The topological polar surface area (TPSA) is 35.5 Å². The molecule has 0 saturated heterocycles. The van der Waals surface area contributed by atoms with E-state index in [2.05, 4.69) is 4.74 Å². The molecule has 0 aromatic heterocycles. The summed E-state index contributed by atoms with van der Waals surface area (Å²) in [7, 11) is 0. The average molecular weight is 370 g/mol. The second-order valence-electron chi connectivity index (χ2n) is 8.89. The highest BCUT2D eigenvalue weighted by molar-refractivity contribution is 5.75. The largest absolute Gasteiger partial charge is 0.573 e. The molecule has 0 radical (unpaired) electrons. The van der Waals surface area contributed by atoms with Crippen LogP contribution in [0.25, 0.3) is 0 Å². The van der Waals surface area contributed by atoms with Crippen LogP contribution >= 0.6 is 0 Å². The zero-order valence-electron chi connectivity index (χ0n) is 15.4. The van der Waals surface area contributed by atoms with E-state index in [1.54, 1.807) is 12.1 Å². The molecule has 3 saturated carbocycles. The maximum atomic E-state index is 12.3. The lowest BCUT2D eigenvalue weighted by molar-refractivity contribution is -0.274. The third-order valence-corrected chi connectivity index (χ3v) is 5.61. The summed E-state index contributed by atoms with van der Waals surface area (Å²) in [6, 6.07) is 6.23. The number of benzene rings is 1. The maximum Gasteiger partial charge on any atom is 0.573 e. The number of rotatable bonds is 4. The predicted molar refractivity (Wildman–Crippen MR) is 90.7 cm³/mol. The molecule has 2 bridgehead atoms. The Morgan fingerprint density at radius 3 is 2.23 bits per heavy atom. The minimum atomic E-state index is -4.67. The van der Waals surface area contributed by atoms with Gasteiger partial charge in [-0.3, -0.25) is 4.79 Å². The van der Waals surface area contributed by atoms with Crippen LogP contribution in [0.15, 0.2) is 24.3 Å². The highest BCUT2D eigenvalue weighted by atomic mass is 19.4. The Morgan fingerprint density at radius 2 is 1.69 bits per heavy atom. The fourth-order valence-electron chi connectivity index (χ4n) is 4.51. The third kappa shape index (κ3) is 3.84. The predicted octanol–water partition coefficient (Wildman–Crippen LogP) is 5.38. The van der Waals surface area contributed by atoms with Crippen LogP contribution < -0.4 is 4.74 Å². The summed E-state index contributed by atoms with van der Waals surface area (Å²) in [4.78, 5) is 12.0. The first kappa shape index (κ1) is 19.1. The van der Waals surface area contributed by atoms with Gasteiger partial charge >= 0.3 is 12.3 Å². The molecule has 0 unspecified atom stereocenters. The lowest BCUT2D eigenvalue weighted by Gasteiger charge is -2.61. The van der Waals surface area contributed by atoms with Gasteiger partial charge in [0.2, 0.25) is 0 Å². The summed E-state index contributed by atoms with van der Waals surface area (Å²) in [5, 5.41) is 0. The standard InChI is InChI=1S/C20H25F3O3/c1-17(2,3)16(24)25-13-18-9-4-10-19(11-18,12-18)14-5-7-15(8-6-14)26-20(21,22)23/h5-8H,4,9-13H2,1-3H3. The fraction of sp³-hybridized carbons (Fsp3) is 0.650. The summed E-state index contributed by atoms with van der Waals surface area (Å²) in [5.41, 5.74) is 0.536. The van der Waals surface area contributed by atoms with Gasteiger partial charge in [-0.15, -0.1) is 13.2 Å². The summed E-state index contributed by atoms with van der Waals surface area (Å²) in [6.45, 7) is 5.94. The van der Waals surface area contributed by atoms with Crippen molar-refractivity contribution in [2.45, 2.75) is 64.7 Å². The van der Waals surface area contributed by atoms with Crippen LogP contribution in [0.5, 0.6) is 5.75 Å². The summed E-state index contributed by atoms with van der Waals surface area (Å²) in [6.07, 6.45) is 0.234. The molecule has 1 aromatic carbocycles. The van der Waals surface area contributed by atoms with Gasteiger partial charge in [-0.05, 0) is 69.6 Å². The van der Waals surface area contributed by atoms with Crippen LogP contribution in [-0.4, -0.2) is 18.9 Å². The van der Waals surface area contributed by atoms with Crippen LogP contribution in [0.1, 0.15) is 58.4 Å². The monoisotopic (exact) mass is 370 g/mol. The van der Waals surface area contributed by atoms with Gasteiger partial charge in [-0.25, -0.2) is 0 Å². The van der Waals surface area contributed by atoms with Crippen molar-refractivity contribution in [3.05, 3.63) is 29.8 Å². The van der Waals surface area contributed by atoms with Crippen molar-refractivity contribution in [1.29, 1.82) is 0 Å². The van der Waals surface area contributed by atoms with Gasteiger partial charge in [0.15, 0.2) is 0 Å². The highest BCUT2D eigenvalue weighted by Gasteiger charge is 2.58. The second kappa shape index (κ2) is 6.17. The van der Waals surface area contributed by atoms with Crippen molar-refractivity contribution in [3.8, 4) is 5.75 Å².